The summed E-state index contributed by atoms with van der Waals surface area (Å²) >= 11 is 12.6. The van der Waals surface area contributed by atoms with Crippen molar-refractivity contribution in [3.05, 3.63) is 105 Å². The van der Waals surface area contributed by atoms with Crippen molar-refractivity contribution in [1.29, 1.82) is 0 Å². The van der Waals surface area contributed by atoms with Crippen molar-refractivity contribution in [2.75, 3.05) is 20.3 Å². The van der Waals surface area contributed by atoms with Crippen LogP contribution in [0.5, 0.6) is 11.5 Å². The van der Waals surface area contributed by atoms with Gasteiger partial charge in [-0.2, -0.15) is 0 Å². The van der Waals surface area contributed by atoms with Gasteiger partial charge < -0.3 is 30.0 Å². The largest absolute Gasteiger partial charge is 0.494 e. The quantitative estimate of drug-likeness (QED) is 0.179. The van der Waals surface area contributed by atoms with Crippen molar-refractivity contribution in [1.82, 2.24) is 15.3 Å². The van der Waals surface area contributed by atoms with Crippen LogP contribution in [0.25, 0.3) is 22.4 Å². The number of amides is 2. The summed E-state index contributed by atoms with van der Waals surface area (Å²) in [5, 5.41) is 14.6. The van der Waals surface area contributed by atoms with E-state index in [9.17, 15) is 23.5 Å². The van der Waals surface area contributed by atoms with Crippen molar-refractivity contribution in [3.63, 3.8) is 0 Å². The number of aromatic nitrogens is 2. The van der Waals surface area contributed by atoms with Gasteiger partial charge in [-0.3, -0.25) is 9.59 Å². The highest BCUT2D eigenvalue weighted by Crippen LogP contribution is 2.48. The second-order valence-corrected chi connectivity index (χ2v) is 12.0. The van der Waals surface area contributed by atoms with Crippen LogP contribution < -0.4 is 20.5 Å². The monoisotopic (exact) mass is 682 g/mol. The van der Waals surface area contributed by atoms with Gasteiger partial charge in [0.15, 0.2) is 17.0 Å². The molecule has 242 valence electrons. The number of aryl methyl sites for hydroxylation is 1. The number of nitrogens with zero attached hydrogens (tertiary/aromatic N) is 2. The van der Waals surface area contributed by atoms with Crippen molar-refractivity contribution >= 4 is 46.1 Å². The standard InChI is InChI=1S/C33H26Cl2F2N4O6/c1-15-40-28-22(45-3)9-16(10-23(28)47-15)30(42)39-13-33(44,17-5-4-6-18(36)11-17)24-12-20-29(46-14-32(20,2)31(38)43)27(41-24)19-7-8-21(37)26(35)25(19)34/h4-12,44H,13-14H2,1-3H3,(H2,38,43)(H,39,42)/t32-,33+/m0/s1. The molecule has 5 aromatic rings. The number of carbonyl (C=O) groups is 2. The summed E-state index contributed by atoms with van der Waals surface area (Å²) in [5.74, 6) is -2.09. The third-order valence-corrected chi connectivity index (χ3v) is 9.05. The molecule has 0 spiro atoms. The molecule has 1 aliphatic rings. The van der Waals surface area contributed by atoms with E-state index < -0.39 is 41.0 Å². The van der Waals surface area contributed by atoms with Gasteiger partial charge >= 0.3 is 0 Å². The Kier molecular flexibility index (Phi) is 8.07. The molecule has 3 aromatic carbocycles. The van der Waals surface area contributed by atoms with Crippen LogP contribution in [0.1, 0.15) is 40.0 Å². The van der Waals surface area contributed by atoms with Gasteiger partial charge in [0, 0.05) is 23.6 Å². The molecule has 47 heavy (non-hydrogen) atoms. The number of carbonyl (C=O) groups excluding carboxylic acids is 2. The first kappa shape index (κ1) is 32.2. The zero-order valence-electron chi connectivity index (χ0n) is 25.1. The molecule has 0 aliphatic carbocycles. The molecule has 6 rings (SSSR count). The van der Waals surface area contributed by atoms with Gasteiger partial charge in [0.05, 0.1) is 29.4 Å². The summed E-state index contributed by atoms with van der Waals surface area (Å²) in [6.07, 6.45) is 0. The minimum absolute atomic E-state index is 0.00593. The number of oxazole rings is 1. The zero-order chi connectivity index (χ0) is 33.8. The van der Waals surface area contributed by atoms with E-state index in [1.54, 1.807) is 13.8 Å². The van der Waals surface area contributed by atoms with E-state index in [1.165, 1.54) is 49.6 Å². The van der Waals surface area contributed by atoms with E-state index in [0.717, 1.165) is 12.1 Å². The van der Waals surface area contributed by atoms with Crippen molar-refractivity contribution in [2.45, 2.75) is 24.9 Å². The summed E-state index contributed by atoms with van der Waals surface area (Å²) in [6.45, 7) is 2.48. The van der Waals surface area contributed by atoms with Gasteiger partial charge in [-0.25, -0.2) is 18.7 Å². The number of pyridine rings is 1. The number of methoxy groups -OCH3 is 1. The summed E-state index contributed by atoms with van der Waals surface area (Å²) in [4.78, 5) is 35.2. The first-order valence-corrected chi connectivity index (χ1v) is 14.9. The number of fused-ring (bicyclic) bond motifs is 2. The summed E-state index contributed by atoms with van der Waals surface area (Å²) in [7, 11) is 1.42. The maximum atomic E-state index is 14.6. The molecule has 0 saturated carbocycles. The Labute approximate surface area is 276 Å². The fourth-order valence-electron chi connectivity index (χ4n) is 5.48. The third-order valence-electron chi connectivity index (χ3n) is 8.19. The van der Waals surface area contributed by atoms with Crippen molar-refractivity contribution in [2.24, 2.45) is 5.73 Å². The van der Waals surface area contributed by atoms with E-state index in [-0.39, 0.29) is 61.8 Å². The lowest BCUT2D eigenvalue weighted by molar-refractivity contribution is -0.123. The van der Waals surface area contributed by atoms with E-state index in [4.69, 9.17) is 42.8 Å². The Hall–Kier alpha value is -4.78. The van der Waals surface area contributed by atoms with Crippen LogP contribution >= 0.6 is 23.2 Å². The molecule has 3 heterocycles. The lowest BCUT2D eigenvalue weighted by atomic mass is 9.80. The van der Waals surface area contributed by atoms with Crippen LogP contribution in [0.4, 0.5) is 8.78 Å². The molecule has 0 radical (unpaired) electrons. The fourth-order valence-corrected chi connectivity index (χ4v) is 5.89. The molecule has 0 fully saturated rings. The van der Waals surface area contributed by atoms with Gasteiger partial charge in [-0.05, 0) is 55.0 Å². The summed E-state index contributed by atoms with van der Waals surface area (Å²) in [6, 6.07) is 11.8. The van der Waals surface area contributed by atoms with Gasteiger partial charge in [-0.1, -0.05) is 35.3 Å². The number of nitrogens with two attached hydrogens (primary N) is 1. The van der Waals surface area contributed by atoms with Crippen molar-refractivity contribution in [3.8, 4) is 22.8 Å². The highest BCUT2D eigenvalue weighted by Gasteiger charge is 2.46. The van der Waals surface area contributed by atoms with Crippen LogP contribution in [0, 0.1) is 18.6 Å². The first-order valence-electron chi connectivity index (χ1n) is 14.1. The number of nitrogens with one attached hydrogen (secondary N) is 1. The number of primary amides is 1. The van der Waals surface area contributed by atoms with Gasteiger partial charge in [0.25, 0.3) is 5.91 Å². The molecule has 14 heteroatoms. The first-order chi connectivity index (χ1) is 22.3. The second kappa shape index (κ2) is 11.8. The van der Waals surface area contributed by atoms with E-state index in [0.29, 0.717) is 17.0 Å². The highest BCUT2D eigenvalue weighted by molar-refractivity contribution is 6.43. The predicted octanol–water partition coefficient (Wildman–Crippen LogP) is 5.59. The topological polar surface area (TPSA) is 150 Å². The Morgan fingerprint density at radius 3 is 2.60 bits per heavy atom. The lowest BCUT2D eigenvalue weighted by Gasteiger charge is -2.30. The van der Waals surface area contributed by atoms with Gasteiger partial charge in [0.2, 0.25) is 5.91 Å². The van der Waals surface area contributed by atoms with E-state index in [2.05, 4.69) is 15.3 Å². The summed E-state index contributed by atoms with van der Waals surface area (Å²) in [5.41, 5.74) is 3.27. The van der Waals surface area contributed by atoms with E-state index >= 15 is 0 Å². The Morgan fingerprint density at radius 2 is 1.89 bits per heavy atom. The zero-order valence-corrected chi connectivity index (χ0v) is 26.6. The van der Waals surface area contributed by atoms with Crippen molar-refractivity contribution < 1.29 is 37.4 Å². The number of rotatable bonds is 8. The fraction of sp³-hybridized carbons (Fsp3) is 0.212. The maximum Gasteiger partial charge on any atom is 0.251 e. The number of halogens is 4. The number of hydrogen-bond acceptors (Lipinski definition) is 8. The van der Waals surface area contributed by atoms with Crippen LogP contribution in [0.15, 0.2) is 59.0 Å². The smallest absolute Gasteiger partial charge is 0.251 e. The molecule has 0 saturated heterocycles. The Balaban J connectivity index is 1.51. The third kappa shape index (κ3) is 5.41. The molecule has 2 atom stereocenters. The van der Waals surface area contributed by atoms with Crippen LogP contribution in [0.2, 0.25) is 10.0 Å². The normalized spacial score (nSPS) is 16.8. The molecule has 2 amide bonds. The average molecular weight is 683 g/mol. The molecular weight excluding hydrogens is 657 g/mol. The molecule has 2 aromatic heterocycles. The molecule has 0 bridgehead atoms. The second-order valence-electron chi connectivity index (χ2n) is 11.3. The van der Waals surface area contributed by atoms with Gasteiger partial charge in [-0.15, -0.1) is 0 Å². The van der Waals surface area contributed by atoms with Crippen LogP contribution in [-0.2, 0) is 15.8 Å². The molecule has 4 N–H and O–H groups in total. The SMILES string of the molecule is COc1cc(C(=O)NC[C@@](O)(c2cccc(F)c2)c2cc3c(c(-c4ccc(F)c(Cl)c4Cl)n2)OC[C@]3(C)C(N)=O)cc2oc(C)nc12. The van der Waals surface area contributed by atoms with E-state index in [1.807, 2.05) is 0 Å². The number of hydrogen-bond donors (Lipinski definition) is 3. The number of aliphatic hydroxyl groups is 1. The number of ether oxygens (including phenoxy) is 2. The minimum Gasteiger partial charge on any atom is -0.494 e. The molecule has 1 aliphatic heterocycles. The predicted molar refractivity (Wildman–Crippen MR) is 169 cm³/mol. The molecule has 0 unspecified atom stereocenters. The van der Waals surface area contributed by atoms with Crippen LogP contribution in [0.3, 0.4) is 0 Å². The Morgan fingerprint density at radius 1 is 1.13 bits per heavy atom. The number of benzene rings is 3. The minimum atomic E-state index is -2.23. The Bertz CT molecular complexity index is 2110. The average Bonchev–Trinajstić information content (AvgIpc) is 3.61. The van der Waals surface area contributed by atoms with Gasteiger partial charge in [0.1, 0.15) is 46.5 Å². The molecular formula is C33H26Cl2F2N4O6. The summed E-state index contributed by atoms with van der Waals surface area (Å²) < 4.78 is 45.8. The molecule has 10 nitrogen and oxygen atoms in total. The lowest BCUT2D eigenvalue weighted by Crippen LogP contribution is -2.43. The highest BCUT2D eigenvalue weighted by atomic mass is 35.5. The van der Waals surface area contributed by atoms with Crippen LogP contribution in [-0.4, -0.2) is 47.2 Å². The maximum absolute atomic E-state index is 14.6.